The van der Waals surface area contributed by atoms with Gasteiger partial charge in [-0.3, -0.25) is 69.0 Å². The molecule has 3 saturated heterocycles. The predicted molar refractivity (Wildman–Crippen MR) is 239 cm³/mol. The topological polar surface area (TPSA) is 340 Å². The molecule has 1 aromatic rings. The first-order valence-electron chi connectivity index (χ1n) is 23.2. The van der Waals surface area contributed by atoms with Gasteiger partial charge < -0.3 is 10.2 Å². The molecular formula is C46H61N9O16. The number of ketones is 1. The van der Waals surface area contributed by atoms with Gasteiger partial charge >= 0.3 is 23.0 Å². The number of carbonyl (C=O) groups is 11. The van der Waals surface area contributed by atoms with Crippen molar-refractivity contribution in [3.8, 4) is 0 Å². The summed E-state index contributed by atoms with van der Waals surface area (Å²) in [5, 5.41) is 21.5. The number of rotatable bonds is 12. The Bertz CT molecular complexity index is 2650. The molecule has 0 aromatic carbocycles. The van der Waals surface area contributed by atoms with Gasteiger partial charge in [0.2, 0.25) is 0 Å². The Morgan fingerprint density at radius 1 is 0.423 bits per heavy atom. The minimum atomic E-state index is -1.66. The summed E-state index contributed by atoms with van der Waals surface area (Å²) in [7, 11) is 0. The van der Waals surface area contributed by atoms with Crippen LogP contribution in [-0.4, -0.2) is 110 Å². The van der Waals surface area contributed by atoms with Crippen LogP contribution in [0.5, 0.6) is 0 Å². The first-order chi connectivity index (χ1) is 32.4. The molecule has 6 unspecified atom stereocenters. The third-order valence-corrected chi connectivity index (χ3v) is 16.2. The van der Waals surface area contributed by atoms with E-state index in [2.05, 4.69) is 16.3 Å². The number of nitrogens with one attached hydrogen (secondary N) is 3. The molecule has 7 rings (SSSR count). The maximum atomic E-state index is 14.2. The quantitative estimate of drug-likeness (QED) is 0.151. The number of Topliss-reactive ketones (excluding diaryl/α,β-unsaturated/α-hetero) is 1. The van der Waals surface area contributed by atoms with Gasteiger partial charge in [-0.05, 0) is 77.0 Å². The molecule has 1 aromatic heterocycles. The molecule has 0 spiro atoms. The number of amides is 9. The first-order valence-corrected chi connectivity index (χ1v) is 23.2. The highest BCUT2D eigenvalue weighted by atomic mass is 16.4. The van der Waals surface area contributed by atoms with Crippen LogP contribution in [0, 0.1) is 48.7 Å². The molecule has 6 fully saturated rings. The number of hydrogen-bond acceptors (Lipinski definition) is 15. The van der Waals surface area contributed by atoms with Crippen molar-refractivity contribution in [1.82, 2.24) is 45.0 Å². The molecule has 6 atom stereocenters. The standard InChI is InChI=1S/C46H61N9O16/c1-24(57)39(3)16-42(6)19-43(7,17-39)31(64)54(30(42)63)48-26(59)12-51-35(69)50(11-25(58)47-53-28(61)40(4)14-38(2,23-56)15-41(5,18-40)29(53)62)36(70)52(37(51)71)13-27(60)49-55-32(65)44(8)20-45(9,33(55)66)22-46(10,21-44)34(67)68/h56H,11-23H2,1-10H3,(H,47,58)(H,48,59)(H,49,60)(H,67,68). The van der Waals surface area contributed by atoms with E-state index in [1.807, 2.05) is 0 Å². The van der Waals surface area contributed by atoms with Crippen molar-refractivity contribution in [3.05, 3.63) is 31.5 Å². The molecule has 3 aliphatic carbocycles. The lowest BCUT2D eigenvalue weighted by Gasteiger charge is -2.55. The number of aliphatic hydroxyl groups is 1. The van der Waals surface area contributed by atoms with Crippen LogP contribution in [0.25, 0.3) is 0 Å². The normalized spacial score (nSPS) is 36.6. The number of imide groups is 3. The van der Waals surface area contributed by atoms with Crippen molar-refractivity contribution >= 4 is 64.9 Å². The van der Waals surface area contributed by atoms with E-state index in [4.69, 9.17) is 0 Å². The third kappa shape index (κ3) is 8.21. The number of aromatic nitrogens is 3. The van der Waals surface area contributed by atoms with Gasteiger partial charge in [0.15, 0.2) is 0 Å². The van der Waals surface area contributed by atoms with Crippen molar-refractivity contribution in [2.75, 3.05) is 6.61 Å². The fourth-order valence-electron chi connectivity index (χ4n) is 14.1. The number of hydrazine groups is 3. The second-order valence-electron chi connectivity index (χ2n) is 24.0. The van der Waals surface area contributed by atoms with Gasteiger partial charge in [-0.1, -0.05) is 55.4 Å². The monoisotopic (exact) mass is 995 g/mol. The van der Waals surface area contributed by atoms with Crippen LogP contribution in [0.4, 0.5) is 0 Å². The maximum absolute atomic E-state index is 14.2. The van der Waals surface area contributed by atoms with E-state index >= 15 is 0 Å². The summed E-state index contributed by atoms with van der Waals surface area (Å²) in [5.41, 5.74) is -10.2. The van der Waals surface area contributed by atoms with Crippen molar-refractivity contribution in [2.24, 2.45) is 48.7 Å². The minimum Gasteiger partial charge on any atom is -0.481 e. The highest BCUT2D eigenvalue weighted by molar-refractivity contribution is 6.07. The third-order valence-electron chi connectivity index (χ3n) is 16.2. The highest BCUT2D eigenvalue weighted by Crippen LogP contribution is 2.60. The van der Waals surface area contributed by atoms with Crippen molar-refractivity contribution in [3.63, 3.8) is 0 Å². The lowest BCUT2D eigenvalue weighted by Crippen LogP contribution is -2.68. The summed E-state index contributed by atoms with van der Waals surface area (Å²) in [4.78, 5) is 192. The van der Waals surface area contributed by atoms with E-state index in [1.54, 1.807) is 27.7 Å². The van der Waals surface area contributed by atoms with E-state index in [0.29, 0.717) is 15.0 Å². The summed E-state index contributed by atoms with van der Waals surface area (Å²) in [5.74, 6) is -11.0. The second kappa shape index (κ2) is 16.2. The Morgan fingerprint density at radius 2 is 0.662 bits per heavy atom. The molecule has 4 heterocycles. The molecule has 25 heteroatoms. The van der Waals surface area contributed by atoms with Gasteiger partial charge in [-0.25, -0.2) is 28.1 Å². The van der Waals surface area contributed by atoms with Crippen LogP contribution in [0.2, 0.25) is 0 Å². The number of carboxylic acids is 1. The lowest BCUT2D eigenvalue weighted by molar-refractivity contribution is -0.189. The molecular weight excluding hydrogens is 935 g/mol. The van der Waals surface area contributed by atoms with Gasteiger partial charge in [0.05, 0.1) is 37.9 Å². The van der Waals surface area contributed by atoms with Crippen molar-refractivity contribution < 1.29 is 63.0 Å². The molecule has 25 nitrogen and oxygen atoms in total. The molecule has 6 bridgehead atoms. The molecule has 6 aliphatic rings. The SMILES string of the molecule is CC(=O)C1(C)CC2(C)CC(C)(C1)C(=O)N(NC(=O)Cn1c(=O)n(CC(=O)NN3C(=O)C4(C)CC(C)(CO)CC(C)(C4)C3=O)c(=O)n(CC(=O)NN3C(=O)C4(C)CC(C)(C(=O)O)CC(C)(C4)C3=O)c1=O)C2=O. The summed E-state index contributed by atoms with van der Waals surface area (Å²) < 4.78 is 0.294. The largest absolute Gasteiger partial charge is 0.481 e. The molecule has 9 amide bonds. The van der Waals surface area contributed by atoms with E-state index in [0.717, 1.165) is 0 Å². The van der Waals surface area contributed by atoms with Crippen molar-refractivity contribution in [2.45, 2.75) is 147 Å². The van der Waals surface area contributed by atoms with Crippen LogP contribution >= 0.6 is 0 Å². The second-order valence-corrected chi connectivity index (χ2v) is 24.0. The Balaban J connectivity index is 1.21. The average Bonchev–Trinajstić information content (AvgIpc) is 3.24. The number of carboxylic acid groups (broad SMARTS) is 1. The van der Waals surface area contributed by atoms with E-state index in [1.165, 1.54) is 41.5 Å². The maximum Gasteiger partial charge on any atom is 0.337 e. The number of fused-ring (bicyclic) bond motifs is 6. The smallest absolute Gasteiger partial charge is 0.337 e. The average molecular weight is 996 g/mol. The van der Waals surface area contributed by atoms with Crippen molar-refractivity contribution in [1.29, 1.82) is 0 Å². The number of piperidine rings is 3. The van der Waals surface area contributed by atoms with E-state index in [-0.39, 0.29) is 83.9 Å². The van der Waals surface area contributed by atoms with Gasteiger partial charge in [0.25, 0.3) is 53.2 Å². The summed E-state index contributed by atoms with van der Waals surface area (Å²) in [6.45, 7) is 10.7. The van der Waals surface area contributed by atoms with Gasteiger partial charge in [-0.2, -0.15) is 15.0 Å². The zero-order valence-corrected chi connectivity index (χ0v) is 41.5. The minimum absolute atomic E-state index is 0.0205. The number of hydrogen-bond donors (Lipinski definition) is 5. The summed E-state index contributed by atoms with van der Waals surface area (Å²) in [6.07, 6.45) is -0.0846. The van der Waals surface area contributed by atoms with Crippen LogP contribution in [0.3, 0.4) is 0 Å². The Kier molecular flexibility index (Phi) is 11.9. The fraction of sp³-hybridized carbons (Fsp3) is 0.696. The lowest BCUT2D eigenvalue weighted by atomic mass is 9.51. The number of aliphatic carboxylic acids is 1. The van der Waals surface area contributed by atoms with Gasteiger partial charge in [0.1, 0.15) is 25.4 Å². The van der Waals surface area contributed by atoms with Crippen LogP contribution in [-0.2, 0) is 72.4 Å². The molecule has 386 valence electrons. The number of aliphatic hydroxyl groups excluding tert-OH is 1. The number of nitrogens with zero attached hydrogens (tertiary/aromatic N) is 6. The zero-order valence-electron chi connectivity index (χ0n) is 41.5. The predicted octanol–water partition coefficient (Wildman–Crippen LogP) is -1.35. The molecule has 3 aliphatic heterocycles. The summed E-state index contributed by atoms with van der Waals surface area (Å²) >= 11 is 0. The van der Waals surface area contributed by atoms with E-state index < -0.39 is 145 Å². The Labute approximate surface area is 405 Å². The van der Waals surface area contributed by atoms with E-state index in [9.17, 15) is 77.3 Å². The molecule has 0 radical (unpaired) electrons. The zero-order chi connectivity index (χ0) is 53.4. The highest BCUT2D eigenvalue weighted by Gasteiger charge is 2.66. The van der Waals surface area contributed by atoms with Crippen LogP contribution in [0.1, 0.15) is 127 Å². The summed E-state index contributed by atoms with van der Waals surface area (Å²) in [6, 6.07) is 0. The van der Waals surface area contributed by atoms with Crippen LogP contribution < -0.4 is 33.3 Å². The fourth-order valence-corrected chi connectivity index (χ4v) is 14.1. The Morgan fingerprint density at radius 3 is 0.887 bits per heavy atom. The first kappa shape index (κ1) is 52.2. The molecule has 71 heavy (non-hydrogen) atoms. The Hall–Kier alpha value is -6.66. The van der Waals surface area contributed by atoms with Crippen LogP contribution in [0.15, 0.2) is 14.4 Å². The van der Waals surface area contributed by atoms with Gasteiger partial charge in [0, 0.05) is 12.0 Å². The van der Waals surface area contributed by atoms with Gasteiger partial charge in [-0.15, -0.1) is 0 Å². The number of carbonyl (C=O) groups excluding carboxylic acids is 10. The molecule has 3 saturated carbocycles. The molecule has 5 N–H and O–H groups in total.